The highest BCUT2D eigenvalue weighted by atomic mass is 32.2. The standard InChI is InChI=1S/C22H31N3O6S2/c1-18-7-5-8-19(17-18)25(32(4,27)28)15-6-9-22(26)23-14-16-31-20-10-12-21(13-11-20)33(29,30)24(2)3/h5,7-8,10-13,17H,6,9,14-16H2,1-4H3,(H,23,26). The van der Waals surface area contributed by atoms with Gasteiger partial charge >= 0.3 is 0 Å². The maximum atomic E-state index is 12.1. The molecule has 0 heterocycles. The summed E-state index contributed by atoms with van der Waals surface area (Å²) in [6.07, 6.45) is 1.69. The van der Waals surface area contributed by atoms with Gasteiger partial charge in [-0.05, 0) is 55.3 Å². The molecule has 0 spiro atoms. The number of nitrogens with zero attached hydrogens (tertiary/aromatic N) is 2. The molecule has 2 rings (SSSR count). The largest absolute Gasteiger partial charge is 0.492 e. The lowest BCUT2D eigenvalue weighted by atomic mass is 10.2. The fraction of sp³-hybridized carbons (Fsp3) is 0.409. The normalized spacial score (nSPS) is 11.9. The zero-order valence-corrected chi connectivity index (χ0v) is 20.9. The van der Waals surface area contributed by atoms with Crippen LogP contribution in [-0.2, 0) is 24.8 Å². The fourth-order valence-corrected chi connectivity index (χ4v) is 4.88. The van der Waals surface area contributed by atoms with Crippen LogP contribution in [0.4, 0.5) is 5.69 Å². The van der Waals surface area contributed by atoms with Gasteiger partial charge < -0.3 is 10.1 Å². The molecule has 2 aromatic carbocycles. The number of hydrogen-bond donors (Lipinski definition) is 1. The molecule has 0 bridgehead atoms. The van der Waals surface area contributed by atoms with E-state index in [0.29, 0.717) is 17.9 Å². The Labute approximate surface area is 196 Å². The molecular formula is C22H31N3O6S2. The quantitative estimate of drug-likeness (QED) is 0.449. The number of amides is 1. The van der Waals surface area contributed by atoms with E-state index in [0.717, 1.165) is 16.1 Å². The third-order valence-corrected chi connectivity index (χ3v) is 7.77. The first kappa shape index (κ1) is 26.6. The first-order chi connectivity index (χ1) is 15.4. The summed E-state index contributed by atoms with van der Waals surface area (Å²) in [6, 6.07) is 13.3. The van der Waals surface area contributed by atoms with Gasteiger partial charge in [-0.25, -0.2) is 21.1 Å². The average Bonchev–Trinajstić information content (AvgIpc) is 2.73. The second-order valence-electron chi connectivity index (χ2n) is 7.73. The van der Waals surface area contributed by atoms with Gasteiger partial charge in [-0.1, -0.05) is 12.1 Å². The highest BCUT2D eigenvalue weighted by Crippen LogP contribution is 2.20. The van der Waals surface area contributed by atoms with Crippen molar-refractivity contribution >= 4 is 31.6 Å². The van der Waals surface area contributed by atoms with Gasteiger partial charge in [-0.15, -0.1) is 0 Å². The smallest absolute Gasteiger partial charge is 0.242 e. The first-order valence-electron chi connectivity index (χ1n) is 10.4. The molecule has 0 aliphatic carbocycles. The Morgan fingerprint density at radius 3 is 2.27 bits per heavy atom. The molecule has 182 valence electrons. The van der Waals surface area contributed by atoms with Crippen molar-refractivity contribution in [2.45, 2.75) is 24.7 Å². The SMILES string of the molecule is Cc1cccc(N(CCCC(=O)NCCOc2ccc(S(=O)(=O)N(C)C)cc2)S(C)(=O)=O)c1. The molecule has 11 heteroatoms. The number of anilines is 1. The molecule has 0 saturated carbocycles. The van der Waals surface area contributed by atoms with Gasteiger partial charge in [0.05, 0.1) is 23.4 Å². The van der Waals surface area contributed by atoms with E-state index in [1.165, 1.54) is 30.5 Å². The molecule has 1 amide bonds. The number of rotatable bonds is 12. The van der Waals surface area contributed by atoms with Crippen LogP contribution in [0.1, 0.15) is 18.4 Å². The zero-order valence-electron chi connectivity index (χ0n) is 19.3. The second-order valence-corrected chi connectivity index (χ2v) is 11.8. The molecule has 9 nitrogen and oxygen atoms in total. The van der Waals surface area contributed by atoms with Crippen LogP contribution in [0.3, 0.4) is 0 Å². The number of benzene rings is 2. The number of carbonyl (C=O) groups is 1. The predicted molar refractivity (Wildman–Crippen MR) is 128 cm³/mol. The Kier molecular flexibility index (Phi) is 9.26. The van der Waals surface area contributed by atoms with Crippen molar-refractivity contribution in [1.82, 2.24) is 9.62 Å². The molecule has 1 N–H and O–H groups in total. The Morgan fingerprint density at radius 2 is 1.70 bits per heavy atom. The van der Waals surface area contributed by atoms with E-state index >= 15 is 0 Å². The molecule has 0 atom stereocenters. The maximum Gasteiger partial charge on any atom is 0.242 e. The predicted octanol–water partition coefficient (Wildman–Crippen LogP) is 1.99. The Hall–Kier alpha value is -2.63. The first-order valence-corrected chi connectivity index (χ1v) is 13.7. The molecule has 2 aromatic rings. The number of carbonyl (C=O) groups excluding carboxylic acids is 1. The number of hydrogen-bond acceptors (Lipinski definition) is 6. The van der Waals surface area contributed by atoms with Gasteiger partial charge in [-0.3, -0.25) is 9.10 Å². The van der Waals surface area contributed by atoms with Crippen LogP contribution in [0, 0.1) is 6.92 Å². The van der Waals surface area contributed by atoms with Crippen LogP contribution < -0.4 is 14.4 Å². The van der Waals surface area contributed by atoms with Crippen LogP contribution in [-0.4, -0.2) is 67.1 Å². The number of ether oxygens (including phenoxy) is 1. The second kappa shape index (κ2) is 11.5. The number of nitrogens with one attached hydrogen (secondary N) is 1. The topological polar surface area (TPSA) is 113 Å². The summed E-state index contributed by atoms with van der Waals surface area (Å²) < 4.78 is 56.4. The number of aryl methyl sites for hydroxylation is 1. The summed E-state index contributed by atoms with van der Waals surface area (Å²) in [5.41, 5.74) is 1.53. The summed E-state index contributed by atoms with van der Waals surface area (Å²) in [5.74, 6) is 0.285. The van der Waals surface area contributed by atoms with Gasteiger partial charge in [0, 0.05) is 27.1 Å². The molecule has 33 heavy (non-hydrogen) atoms. The van der Waals surface area contributed by atoms with Crippen molar-refractivity contribution < 1.29 is 26.4 Å². The molecule has 0 aromatic heterocycles. The van der Waals surface area contributed by atoms with Crippen LogP contribution in [0.15, 0.2) is 53.4 Å². The monoisotopic (exact) mass is 497 g/mol. The van der Waals surface area contributed by atoms with Gasteiger partial charge in [0.15, 0.2) is 0 Å². The molecule has 0 aliphatic rings. The van der Waals surface area contributed by atoms with E-state index in [-0.39, 0.29) is 36.9 Å². The lowest BCUT2D eigenvalue weighted by Crippen LogP contribution is -2.33. The van der Waals surface area contributed by atoms with Gasteiger partial charge in [0.1, 0.15) is 12.4 Å². The van der Waals surface area contributed by atoms with Crippen molar-refractivity contribution in [3.63, 3.8) is 0 Å². The zero-order chi connectivity index (χ0) is 24.6. The lowest BCUT2D eigenvalue weighted by Gasteiger charge is -2.22. The Balaban J connectivity index is 1.76. The van der Waals surface area contributed by atoms with Crippen molar-refractivity contribution in [1.29, 1.82) is 0 Å². The highest BCUT2D eigenvalue weighted by Gasteiger charge is 2.18. The summed E-state index contributed by atoms with van der Waals surface area (Å²) in [6.45, 7) is 2.57. The van der Waals surface area contributed by atoms with Crippen LogP contribution in [0.25, 0.3) is 0 Å². The molecule has 0 radical (unpaired) electrons. The van der Waals surface area contributed by atoms with Crippen molar-refractivity contribution in [2.24, 2.45) is 0 Å². The van der Waals surface area contributed by atoms with Crippen LogP contribution in [0.2, 0.25) is 0 Å². The molecule has 0 unspecified atom stereocenters. The molecule has 0 fully saturated rings. The maximum absolute atomic E-state index is 12.1. The van der Waals surface area contributed by atoms with Gasteiger partial charge in [0.2, 0.25) is 26.0 Å². The summed E-state index contributed by atoms with van der Waals surface area (Å²) in [4.78, 5) is 12.3. The van der Waals surface area contributed by atoms with E-state index in [4.69, 9.17) is 4.74 Å². The average molecular weight is 498 g/mol. The van der Waals surface area contributed by atoms with E-state index in [9.17, 15) is 21.6 Å². The summed E-state index contributed by atoms with van der Waals surface area (Å²) in [5, 5.41) is 2.73. The van der Waals surface area contributed by atoms with E-state index in [1.807, 2.05) is 13.0 Å². The van der Waals surface area contributed by atoms with E-state index < -0.39 is 20.0 Å². The van der Waals surface area contributed by atoms with Crippen LogP contribution in [0.5, 0.6) is 5.75 Å². The fourth-order valence-electron chi connectivity index (χ4n) is 3.02. The summed E-state index contributed by atoms with van der Waals surface area (Å²) in [7, 11) is -4.03. The van der Waals surface area contributed by atoms with E-state index in [1.54, 1.807) is 30.3 Å². The van der Waals surface area contributed by atoms with Crippen molar-refractivity contribution in [3.8, 4) is 5.75 Å². The Morgan fingerprint density at radius 1 is 1.03 bits per heavy atom. The van der Waals surface area contributed by atoms with Gasteiger partial charge in [-0.2, -0.15) is 0 Å². The molecule has 0 saturated heterocycles. The van der Waals surface area contributed by atoms with E-state index in [2.05, 4.69) is 5.32 Å². The van der Waals surface area contributed by atoms with Gasteiger partial charge in [0.25, 0.3) is 0 Å². The highest BCUT2D eigenvalue weighted by molar-refractivity contribution is 7.92. The third kappa shape index (κ3) is 8.02. The van der Waals surface area contributed by atoms with Crippen LogP contribution >= 0.6 is 0 Å². The van der Waals surface area contributed by atoms with Crippen molar-refractivity contribution in [2.75, 3.05) is 44.4 Å². The molecule has 0 aliphatic heterocycles. The minimum atomic E-state index is -3.49. The third-order valence-electron chi connectivity index (χ3n) is 4.75. The minimum Gasteiger partial charge on any atom is -0.492 e. The lowest BCUT2D eigenvalue weighted by molar-refractivity contribution is -0.121. The number of sulfonamides is 2. The molecular weight excluding hydrogens is 466 g/mol. The van der Waals surface area contributed by atoms with Crippen molar-refractivity contribution in [3.05, 3.63) is 54.1 Å². The Bertz CT molecular complexity index is 1150. The minimum absolute atomic E-state index is 0.168. The summed E-state index contributed by atoms with van der Waals surface area (Å²) >= 11 is 0.